The minimum absolute atomic E-state index is 0.262. The Balaban J connectivity index is 2.70. The van der Waals surface area contributed by atoms with Gasteiger partial charge in [-0.25, -0.2) is 4.79 Å². The lowest BCUT2D eigenvalue weighted by molar-refractivity contribution is 0.0530. The fraction of sp³-hybridized carbons (Fsp3) is 0.182. The van der Waals surface area contributed by atoms with E-state index < -0.39 is 5.97 Å². The summed E-state index contributed by atoms with van der Waals surface area (Å²) in [6, 6.07) is 3.51. The maximum absolute atomic E-state index is 11.8. The lowest BCUT2D eigenvalue weighted by atomic mass is 10.1. The highest BCUT2D eigenvalue weighted by Crippen LogP contribution is 2.33. The molecule has 0 aliphatic heterocycles. The largest absolute Gasteiger partial charge is 0.462 e. The van der Waals surface area contributed by atoms with Gasteiger partial charge in [-0.1, -0.05) is 27.5 Å². The van der Waals surface area contributed by atoms with Crippen LogP contribution >= 0.6 is 27.5 Å². The molecule has 2 rings (SSSR count). The van der Waals surface area contributed by atoms with Gasteiger partial charge in [0.25, 0.3) is 0 Å². The maximum atomic E-state index is 11.8. The highest BCUT2D eigenvalue weighted by molar-refractivity contribution is 9.10. The molecule has 2 aromatic rings. The van der Waals surface area contributed by atoms with Gasteiger partial charge >= 0.3 is 5.97 Å². The molecular weight excluding hydrogens is 307 g/mol. The SMILES string of the molecule is CCOC(=O)c1c(N)[nH]c2c(Cl)cc(Br)cc12. The normalized spacial score (nSPS) is 10.8. The number of benzene rings is 1. The molecule has 0 bridgehead atoms. The average molecular weight is 318 g/mol. The number of carbonyl (C=O) groups excluding carboxylic acids is 1. The summed E-state index contributed by atoms with van der Waals surface area (Å²) in [6.07, 6.45) is 0. The van der Waals surface area contributed by atoms with E-state index in [-0.39, 0.29) is 5.82 Å². The van der Waals surface area contributed by atoms with Crippen LogP contribution in [0.1, 0.15) is 17.3 Å². The summed E-state index contributed by atoms with van der Waals surface area (Å²) in [5.74, 6) is -0.191. The Morgan fingerprint density at radius 1 is 1.59 bits per heavy atom. The molecule has 1 aromatic heterocycles. The number of anilines is 1. The van der Waals surface area contributed by atoms with Crippen LogP contribution in [-0.2, 0) is 4.74 Å². The zero-order valence-corrected chi connectivity index (χ0v) is 11.4. The molecule has 4 nitrogen and oxygen atoms in total. The number of carbonyl (C=O) groups is 1. The molecule has 0 amide bonds. The standard InChI is InChI=1S/C11H10BrClN2O2/c1-2-17-11(16)8-6-3-5(12)4-7(13)9(6)15-10(8)14/h3-4,15H,2,14H2,1H3. The van der Waals surface area contributed by atoms with E-state index in [1.54, 1.807) is 19.1 Å². The van der Waals surface area contributed by atoms with Crippen LogP contribution in [0, 0.1) is 0 Å². The van der Waals surface area contributed by atoms with E-state index in [2.05, 4.69) is 20.9 Å². The van der Waals surface area contributed by atoms with Crippen molar-refractivity contribution in [2.75, 3.05) is 12.3 Å². The first-order valence-corrected chi connectivity index (χ1v) is 6.15. The van der Waals surface area contributed by atoms with E-state index >= 15 is 0 Å². The van der Waals surface area contributed by atoms with Crippen LogP contribution in [0.15, 0.2) is 16.6 Å². The van der Waals surface area contributed by atoms with Crippen LogP contribution in [-0.4, -0.2) is 17.6 Å². The minimum atomic E-state index is -0.453. The molecule has 6 heteroatoms. The Morgan fingerprint density at radius 3 is 2.94 bits per heavy atom. The highest BCUT2D eigenvalue weighted by Gasteiger charge is 2.19. The maximum Gasteiger partial charge on any atom is 0.342 e. The Hall–Kier alpha value is -1.20. The van der Waals surface area contributed by atoms with Gasteiger partial charge in [0.05, 0.1) is 17.1 Å². The number of ether oxygens (including phenoxy) is 1. The number of hydrogen-bond donors (Lipinski definition) is 2. The van der Waals surface area contributed by atoms with E-state index in [1.807, 2.05) is 0 Å². The highest BCUT2D eigenvalue weighted by atomic mass is 79.9. The molecule has 0 spiro atoms. The van der Waals surface area contributed by atoms with Gasteiger partial charge in [-0.15, -0.1) is 0 Å². The third-order valence-corrected chi connectivity index (χ3v) is 3.09. The molecule has 3 N–H and O–H groups in total. The molecule has 0 saturated carbocycles. The second-order valence-corrected chi connectivity index (χ2v) is 4.77. The van der Waals surface area contributed by atoms with Crippen molar-refractivity contribution in [1.82, 2.24) is 4.98 Å². The number of aromatic amines is 1. The van der Waals surface area contributed by atoms with Gasteiger partial charge in [-0.05, 0) is 19.1 Å². The number of aromatic nitrogens is 1. The van der Waals surface area contributed by atoms with E-state index in [0.29, 0.717) is 28.1 Å². The van der Waals surface area contributed by atoms with E-state index in [9.17, 15) is 4.79 Å². The third-order valence-electron chi connectivity index (χ3n) is 2.33. The summed E-state index contributed by atoms with van der Waals surface area (Å²) in [6.45, 7) is 2.04. The molecule has 0 saturated heterocycles. The molecule has 1 aromatic carbocycles. The smallest absolute Gasteiger partial charge is 0.342 e. The molecular formula is C11H10BrClN2O2. The number of halogens is 2. The number of nitrogens with two attached hydrogens (primary N) is 1. The molecule has 0 aliphatic carbocycles. The number of H-pyrrole nitrogens is 1. The number of nitrogen functional groups attached to an aromatic ring is 1. The van der Waals surface area contributed by atoms with Gasteiger partial charge < -0.3 is 15.5 Å². The van der Waals surface area contributed by atoms with Crippen molar-refractivity contribution in [2.45, 2.75) is 6.92 Å². The van der Waals surface area contributed by atoms with Crippen molar-refractivity contribution in [3.63, 3.8) is 0 Å². The van der Waals surface area contributed by atoms with Gasteiger partial charge in [0.1, 0.15) is 11.4 Å². The van der Waals surface area contributed by atoms with Crippen LogP contribution in [0.5, 0.6) is 0 Å². The number of hydrogen-bond acceptors (Lipinski definition) is 3. The molecule has 0 atom stereocenters. The van der Waals surface area contributed by atoms with Crippen molar-refractivity contribution in [3.8, 4) is 0 Å². The molecule has 1 heterocycles. The zero-order chi connectivity index (χ0) is 12.6. The molecule has 90 valence electrons. The first-order valence-electron chi connectivity index (χ1n) is 4.98. The van der Waals surface area contributed by atoms with Crippen molar-refractivity contribution >= 4 is 50.2 Å². The Morgan fingerprint density at radius 2 is 2.29 bits per heavy atom. The third kappa shape index (κ3) is 2.12. The summed E-state index contributed by atoms with van der Waals surface area (Å²) in [7, 11) is 0. The van der Waals surface area contributed by atoms with Crippen LogP contribution in [0.4, 0.5) is 5.82 Å². The lowest BCUT2D eigenvalue weighted by Crippen LogP contribution is -2.06. The lowest BCUT2D eigenvalue weighted by Gasteiger charge is -2.01. The Kier molecular flexibility index (Phi) is 3.31. The number of fused-ring (bicyclic) bond motifs is 1. The summed E-state index contributed by atoms with van der Waals surface area (Å²) in [4.78, 5) is 14.7. The molecule has 0 fully saturated rings. The van der Waals surface area contributed by atoms with E-state index in [0.717, 1.165) is 4.47 Å². The van der Waals surface area contributed by atoms with Crippen molar-refractivity contribution in [3.05, 3.63) is 27.2 Å². The van der Waals surface area contributed by atoms with Crippen molar-refractivity contribution in [2.24, 2.45) is 0 Å². The topological polar surface area (TPSA) is 68.1 Å². The first kappa shape index (κ1) is 12.3. The van der Waals surface area contributed by atoms with Crippen LogP contribution < -0.4 is 5.73 Å². The predicted octanol–water partition coefficient (Wildman–Crippen LogP) is 3.34. The van der Waals surface area contributed by atoms with Gasteiger partial charge in [-0.3, -0.25) is 0 Å². The summed E-state index contributed by atoms with van der Waals surface area (Å²) < 4.78 is 5.73. The zero-order valence-electron chi connectivity index (χ0n) is 9.01. The molecule has 0 radical (unpaired) electrons. The summed E-state index contributed by atoms with van der Waals surface area (Å²) >= 11 is 9.38. The average Bonchev–Trinajstić information content (AvgIpc) is 2.55. The fourth-order valence-corrected chi connectivity index (χ4v) is 2.52. The van der Waals surface area contributed by atoms with Crippen LogP contribution in [0.25, 0.3) is 10.9 Å². The van der Waals surface area contributed by atoms with Crippen LogP contribution in [0.2, 0.25) is 5.02 Å². The number of esters is 1. The summed E-state index contributed by atoms with van der Waals surface area (Å²) in [5.41, 5.74) is 6.73. The first-order chi connectivity index (χ1) is 8.04. The predicted molar refractivity (Wildman–Crippen MR) is 71.4 cm³/mol. The van der Waals surface area contributed by atoms with E-state index in [1.165, 1.54) is 0 Å². The second kappa shape index (κ2) is 4.58. The van der Waals surface area contributed by atoms with Gasteiger partial charge in [-0.2, -0.15) is 0 Å². The van der Waals surface area contributed by atoms with Gasteiger partial charge in [0.2, 0.25) is 0 Å². The van der Waals surface area contributed by atoms with Crippen molar-refractivity contribution < 1.29 is 9.53 Å². The van der Waals surface area contributed by atoms with E-state index in [4.69, 9.17) is 22.1 Å². The van der Waals surface area contributed by atoms with Crippen molar-refractivity contribution in [1.29, 1.82) is 0 Å². The Labute approximate surface area is 111 Å². The Bertz CT molecular complexity index is 595. The molecule has 17 heavy (non-hydrogen) atoms. The fourth-order valence-electron chi connectivity index (χ4n) is 1.66. The monoisotopic (exact) mass is 316 g/mol. The van der Waals surface area contributed by atoms with Gasteiger partial charge in [0.15, 0.2) is 0 Å². The molecule has 0 unspecified atom stereocenters. The minimum Gasteiger partial charge on any atom is -0.462 e. The van der Waals surface area contributed by atoms with Gasteiger partial charge in [0, 0.05) is 9.86 Å². The quantitative estimate of drug-likeness (QED) is 0.835. The number of nitrogens with one attached hydrogen (secondary N) is 1. The number of rotatable bonds is 2. The summed E-state index contributed by atoms with van der Waals surface area (Å²) in [5, 5.41) is 1.15. The second-order valence-electron chi connectivity index (χ2n) is 3.44. The molecule has 0 aliphatic rings. The van der Waals surface area contributed by atoms with Crippen LogP contribution in [0.3, 0.4) is 0 Å².